The van der Waals surface area contributed by atoms with Gasteiger partial charge in [-0.3, -0.25) is 0 Å². The van der Waals surface area contributed by atoms with Crippen molar-refractivity contribution in [2.24, 2.45) is 0 Å². The Morgan fingerprint density at radius 2 is 1.83 bits per heavy atom. The van der Waals surface area contributed by atoms with E-state index in [4.69, 9.17) is 16.3 Å². The lowest BCUT2D eigenvalue weighted by Gasteiger charge is -2.31. The van der Waals surface area contributed by atoms with E-state index in [1.165, 1.54) is 15.9 Å². The molecule has 4 heteroatoms. The maximum Gasteiger partial charge on any atom is 0.284 e. The Labute approximate surface area is 143 Å². The van der Waals surface area contributed by atoms with Gasteiger partial charge < -0.3 is 4.74 Å². The molecule has 0 saturated carbocycles. The molecule has 1 fully saturated rings. The average molecular weight is 343 g/mol. The maximum atomic E-state index is 6.14. The smallest absolute Gasteiger partial charge is 0.284 e. The van der Waals surface area contributed by atoms with Crippen molar-refractivity contribution in [3.05, 3.63) is 59.1 Å². The molecule has 1 saturated heterocycles. The van der Waals surface area contributed by atoms with Gasteiger partial charge >= 0.3 is 0 Å². The lowest BCUT2D eigenvalue weighted by atomic mass is 10.1. The highest BCUT2D eigenvalue weighted by atomic mass is 35.5. The Morgan fingerprint density at radius 3 is 2.57 bits per heavy atom. The summed E-state index contributed by atoms with van der Waals surface area (Å²) in [6.07, 6.45) is 0.0501. The zero-order valence-corrected chi connectivity index (χ0v) is 15.5. The van der Waals surface area contributed by atoms with Crippen LogP contribution in [-0.4, -0.2) is 30.6 Å². The summed E-state index contributed by atoms with van der Waals surface area (Å²) in [5, 5.41) is 3.62. The molecule has 0 amide bonds. The first kappa shape index (κ1) is 15.1. The standard InChI is InChI=1S/C19H21ClNOSi/c1-19(2)12-22-18-16-6-4-5-7-17(16)23(3,13-21(18)19)15-10-8-14(20)9-11-15/h4-11,13,18H,12H2,1-3H3/q+1. The summed E-state index contributed by atoms with van der Waals surface area (Å²) < 4.78 is 8.58. The number of ether oxygens (including phenoxy) is 1. The number of fused-ring (bicyclic) bond motifs is 3. The molecule has 23 heavy (non-hydrogen) atoms. The second kappa shape index (κ2) is 5.03. The van der Waals surface area contributed by atoms with Crippen LogP contribution in [0.15, 0.2) is 48.5 Å². The molecule has 2 unspecified atom stereocenters. The summed E-state index contributed by atoms with van der Waals surface area (Å²) in [5.41, 5.74) is 1.35. The molecule has 118 valence electrons. The van der Waals surface area contributed by atoms with Crippen molar-refractivity contribution >= 4 is 35.9 Å². The number of hydrogen-bond acceptors (Lipinski definition) is 1. The minimum absolute atomic E-state index is 0.0267. The number of nitrogens with zero attached hydrogens (tertiary/aromatic N) is 1. The third-order valence-corrected chi connectivity index (χ3v) is 9.33. The second-order valence-corrected chi connectivity index (χ2v) is 11.5. The molecule has 2 aromatic rings. The van der Waals surface area contributed by atoms with Gasteiger partial charge in [0.15, 0.2) is 5.54 Å². The first-order valence-electron chi connectivity index (χ1n) is 8.03. The molecule has 0 spiro atoms. The van der Waals surface area contributed by atoms with Gasteiger partial charge in [-0.25, -0.2) is 4.58 Å². The van der Waals surface area contributed by atoms with E-state index >= 15 is 0 Å². The van der Waals surface area contributed by atoms with Gasteiger partial charge in [-0.15, -0.1) is 0 Å². The molecule has 2 aliphatic heterocycles. The second-order valence-electron chi connectivity index (χ2n) is 7.31. The highest BCUT2D eigenvalue weighted by molar-refractivity contribution is 7.18. The predicted molar refractivity (Wildman–Crippen MR) is 97.9 cm³/mol. The summed E-state index contributed by atoms with van der Waals surface area (Å²) in [4.78, 5) is 0. The quantitative estimate of drug-likeness (QED) is 0.573. The molecule has 0 N–H and O–H groups in total. The fourth-order valence-corrected chi connectivity index (χ4v) is 7.67. The van der Waals surface area contributed by atoms with E-state index < -0.39 is 8.07 Å². The first-order chi connectivity index (χ1) is 10.9. The zero-order valence-electron chi connectivity index (χ0n) is 13.7. The molecule has 0 aromatic heterocycles. The van der Waals surface area contributed by atoms with Crippen molar-refractivity contribution in [2.45, 2.75) is 32.2 Å². The van der Waals surface area contributed by atoms with Crippen LogP contribution in [0.25, 0.3) is 0 Å². The summed E-state index contributed by atoms with van der Waals surface area (Å²) in [5.74, 6) is 2.48. The molecular weight excluding hydrogens is 322 g/mol. The van der Waals surface area contributed by atoms with Crippen LogP contribution in [0.5, 0.6) is 0 Å². The average Bonchev–Trinajstić information content (AvgIpc) is 2.83. The van der Waals surface area contributed by atoms with Crippen LogP contribution >= 0.6 is 11.6 Å². The Hall–Kier alpha value is -1.42. The van der Waals surface area contributed by atoms with Gasteiger partial charge in [0.1, 0.15) is 12.4 Å². The molecule has 2 atom stereocenters. The Kier molecular flexibility index (Phi) is 3.31. The topological polar surface area (TPSA) is 12.2 Å². The maximum absolute atomic E-state index is 6.14. The third-order valence-electron chi connectivity index (χ3n) is 5.17. The van der Waals surface area contributed by atoms with Crippen LogP contribution in [0.3, 0.4) is 0 Å². The lowest BCUT2D eigenvalue weighted by Crippen LogP contribution is -2.64. The van der Waals surface area contributed by atoms with Gasteiger partial charge in [0.25, 0.3) is 6.23 Å². The fraction of sp³-hybridized carbons (Fsp3) is 0.316. The Morgan fingerprint density at radius 1 is 1.13 bits per heavy atom. The van der Waals surface area contributed by atoms with Crippen LogP contribution in [0.2, 0.25) is 11.6 Å². The monoisotopic (exact) mass is 342 g/mol. The third kappa shape index (κ3) is 2.22. The number of rotatable bonds is 1. The number of hydrogen-bond donors (Lipinski definition) is 0. The van der Waals surface area contributed by atoms with Crippen molar-refractivity contribution in [2.75, 3.05) is 6.61 Å². The number of benzene rings is 2. The van der Waals surface area contributed by atoms with E-state index in [0.717, 1.165) is 11.6 Å². The van der Waals surface area contributed by atoms with Gasteiger partial charge in [0, 0.05) is 24.4 Å². The lowest BCUT2D eigenvalue weighted by molar-refractivity contribution is -0.628. The van der Waals surface area contributed by atoms with Gasteiger partial charge in [-0.2, -0.15) is 0 Å². The van der Waals surface area contributed by atoms with Crippen molar-refractivity contribution in [1.82, 2.24) is 0 Å². The van der Waals surface area contributed by atoms with E-state index in [2.05, 4.69) is 67.2 Å². The van der Waals surface area contributed by atoms with Crippen molar-refractivity contribution < 1.29 is 9.31 Å². The van der Waals surface area contributed by atoms with Crippen molar-refractivity contribution in [1.29, 1.82) is 0 Å². The van der Waals surface area contributed by atoms with Crippen LogP contribution in [0.4, 0.5) is 0 Å². The van der Waals surface area contributed by atoms with E-state index in [0.29, 0.717) is 0 Å². The molecule has 0 aliphatic carbocycles. The van der Waals surface area contributed by atoms with Crippen LogP contribution in [0.1, 0.15) is 25.6 Å². The van der Waals surface area contributed by atoms with Crippen LogP contribution < -0.4 is 10.4 Å². The summed E-state index contributed by atoms with van der Waals surface area (Å²) in [7, 11) is -1.97. The van der Waals surface area contributed by atoms with Gasteiger partial charge in [-0.05, 0) is 28.6 Å². The van der Waals surface area contributed by atoms with Gasteiger partial charge in [0.2, 0.25) is 8.07 Å². The summed E-state index contributed by atoms with van der Waals surface area (Å²) >= 11 is 6.11. The van der Waals surface area contributed by atoms with Crippen molar-refractivity contribution in [3.8, 4) is 0 Å². The number of halogens is 1. The van der Waals surface area contributed by atoms with Gasteiger partial charge in [0.05, 0.1) is 0 Å². The molecule has 4 rings (SSSR count). The molecule has 2 aliphatic rings. The molecule has 0 bridgehead atoms. The Bertz CT molecular complexity index is 799. The fourth-order valence-electron chi connectivity index (χ4n) is 3.80. The highest BCUT2D eigenvalue weighted by Gasteiger charge is 2.53. The van der Waals surface area contributed by atoms with Gasteiger partial charge in [-0.1, -0.05) is 48.5 Å². The molecule has 2 nitrogen and oxygen atoms in total. The largest absolute Gasteiger partial charge is 0.310 e. The minimum atomic E-state index is -1.97. The van der Waals surface area contributed by atoms with Crippen molar-refractivity contribution in [3.63, 3.8) is 0 Å². The normalized spacial score (nSPS) is 28.0. The Balaban J connectivity index is 1.97. The zero-order chi connectivity index (χ0) is 16.2. The van der Waals surface area contributed by atoms with E-state index in [1.54, 1.807) is 0 Å². The predicted octanol–water partition coefficient (Wildman–Crippen LogP) is 2.98. The summed E-state index contributed by atoms with van der Waals surface area (Å²) in [6.45, 7) is 7.69. The molecule has 2 aromatic carbocycles. The van der Waals surface area contributed by atoms with E-state index in [9.17, 15) is 0 Å². The van der Waals surface area contributed by atoms with Crippen LogP contribution in [0, 0.1) is 0 Å². The summed E-state index contributed by atoms with van der Waals surface area (Å²) in [6, 6.07) is 17.1. The van der Waals surface area contributed by atoms with E-state index in [-0.39, 0.29) is 11.8 Å². The van der Waals surface area contributed by atoms with Crippen LogP contribution in [-0.2, 0) is 4.74 Å². The first-order valence-corrected chi connectivity index (χ1v) is 11.0. The molecular formula is C19H21ClNOSi+. The van der Waals surface area contributed by atoms with E-state index in [1.807, 2.05) is 12.1 Å². The SMILES string of the molecule is CC1(C)COC2c3ccccc3[Si](C)(c3ccc(Cl)cc3)C=[N+]21. The minimum Gasteiger partial charge on any atom is -0.310 e. The molecule has 2 heterocycles. The highest BCUT2D eigenvalue weighted by Crippen LogP contribution is 2.35. The molecule has 0 radical (unpaired) electrons.